The molecule has 0 radical (unpaired) electrons. The first-order valence-corrected chi connectivity index (χ1v) is 9.68. The summed E-state index contributed by atoms with van der Waals surface area (Å²) in [5, 5.41) is 28.9. The van der Waals surface area contributed by atoms with E-state index in [0.717, 1.165) is 25.7 Å². The van der Waals surface area contributed by atoms with Gasteiger partial charge in [-0.05, 0) is 6.42 Å². The molecule has 0 aromatic carbocycles. The molecule has 25 heavy (non-hydrogen) atoms. The van der Waals surface area contributed by atoms with Crippen LogP contribution in [0.2, 0.25) is 0 Å². The molecular weight excluding hydrogens is 365 g/mol. The Bertz CT molecular complexity index is 452. The zero-order valence-corrected chi connectivity index (χ0v) is 17.7. The molecule has 1 fully saturated rings. The third-order valence-corrected chi connectivity index (χ3v) is 4.50. The molecule has 11 heteroatoms. The van der Waals surface area contributed by atoms with Gasteiger partial charge in [0.15, 0.2) is 16.6 Å². The Labute approximate surface area is 171 Å². The maximum Gasteiger partial charge on any atom is 1.00 e. The molecule has 0 aromatic heterocycles. The van der Waals surface area contributed by atoms with Crippen LogP contribution in [0.15, 0.2) is 0 Å². The van der Waals surface area contributed by atoms with E-state index in [1.54, 1.807) is 4.72 Å². The summed E-state index contributed by atoms with van der Waals surface area (Å²) in [6, 6.07) is -1.44. The molecule has 4 N–H and O–H groups in total. The van der Waals surface area contributed by atoms with Crippen molar-refractivity contribution in [2.45, 2.75) is 76.1 Å². The van der Waals surface area contributed by atoms with E-state index in [1.165, 1.54) is 6.42 Å². The fraction of sp³-hybridized carbons (Fsp3) is 1.00. The Morgan fingerprint density at radius 3 is 2.28 bits per heavy atom. The van der Waals surface area contributed by atoms with Gasteiger partial charge in [-0.3, -0.25) is 0 Å². The predicted octanol–water partition coefficient (Wildman–Crippen LogP) is -3.78. The smallest absolute Gasteiger partial charge is 0.735 e. The summed E-state index contributed by atoms with van der Waals surface area (Å²) in [5.41, 5.74) is 0. The number of hydrogen-bond donors (Lipinski definition) is 4. The van der Waals surface area contributed by atoms with E-state index in [0.29, 0.717) is 6.42 Å². The quantitative estimate of drug-likeness (QED) is 0.159. The molecule has 0 aliphatic carbocycles. The summed E-state index contributed by atoms with van der Waals surface area (Å²) >= 11 is 0. The van der Waals surface area contributed by atoms with E-state index >= 15 is 0 Å². The van der Waals surface area contributed by atoms with Crippen molar-refractivity contribution >= 4 is 10.3 Å². The molecule has 0 unspecified atom stereocenters. The van der Waals surface area contributed by atoms with Crippen LogP contribution < -0.4 is 34.3 Å². The van der Waals surface area contributed by atoms with Crippen molar-refractivity contribution in [2.24, 2.45) is 0 Å². The number of unbranched alkanes of at least 4 members (excludes halogenated alkanes) is 5. The van der Waals surface area contributed by atoms with Gasteiger partial charge >= 0.3 is 29.6 Å². The van der Waals surface area contributed by atoms with Gasteiger partial charge in [-0.2, -0.15) is 0 Å². The van der Waals surface area contributed by atoms with Gasteiger partial charge < -0.3 is 29.3 Å². The van der Waals surface area contributed by atoms with Crippen LogP contribution in [0, 0.1) is 0 Å². The number of rotatable bonds is 11. The average Bonchev–Trinajstić information content (AvgIpc) is 2.51. The SMILES string of the molecule is CCCCCCCCO[C@H]1O[C@H](CO)[C@@H](O)[C@H](O)[C@H]1NS(=O)(=O)[O-].[Na+]. The van der Waals surface area contributed by atoms with Crippen molar-refractivity contribution in [3.8, 4) is 0 Å². The minimum absolute atomic E-state index is 0. The average molecular weight is 393 g/mol. The van der Waals surface area contributed by atoms with Crippen LogP contribution in [0.25, 0.3) is 0 Å². The van der Waals surface area contributed by atoms with E-state index in [-0.39, 0.29) is 36.2 Å². The molecule has 1 aliphatic rings. The molecule has 0 saturated carbocycles. The molecule has 0 bridgehead atoms. The Morgan fingerprint density at radius 2 is 1.72 bits per heavy atom. The van der Waals surface area contributed by atoms with Crippen molar-refractivity contribution in [1.29, 1.82) is 0 Å². The topological polar surface area (TPSA) is 148 Å². The van der Waals surface area contributed by atoms with Gasteiger partial charge in [-0.25, -0.2) is 13.1 Å². The van der Waals surface area contributed by atoms with Crippen LogP contribution in [0.3, 0.4) is 0 Å². The molecule has 144 valence electrons. The van der Waals surface area contributed by atoms with E-state index in [4.69, 9.17) is 14.6 Å². The van der Waals surface area contributed by atoms with Crippen molar-refractivity contribution in [3.05, 3.63) is 0 Å². The Balaban J connectivity index is 0.00000576. The van der Waals surface area contributed by atoms with Crippen LogP contribution in [0.5, 0.6) is 0 Å². The largest absolute Gasteiger partial charge is 1.00 e. The summed E-state index contributed by atoms with van der Waals surface area (Å²) < 4.78 is 45.1. The van der Waals surface area contributed by atoms with Gasteiger partial charge in [0.1, 0.15) is 24.4 Å². The third kappa shape index (κ3) is 9.43. The Hall–Kier alpha value is 0.670. The zero-order valence-electron chi connectivity index (χ0n) is 14.8. The van der Waals surface area contributed by atoms with E-state index in [9.17, 15) is 23.2 Å². The van der Waals surface area contributed by atoms with E-state index < -0.39 is 47.6 Å². The molecule has 1 rings (SSSR count). The monoisotopic (exact) mass is 393 g/mol. The van der Waals surface area contributed by atoms with Gasteiger partial charge in [-0.1, -0.05) is 39.0 Å². The van der Waals surface area contributed by atoms with Crippen molar-refractivity contribution in [3.63, 3.8) is 0 Å². The van der Waals surface area contributed by atoms with Crippen molar-refractivity contribution in [1.82, 2.24) is 4.72 Å². The first kappa shape index (κ1) is 25.7. The molecule has 9 nitrogen and oxygen atoms in total. The molecule has 0 amide bonds. The molecular formula is C14H28NNaO8S. The number of nitrogens with one attached hydrogen (secondary N) is 1. The molecule has 0 aromatic rings. The number of aliphatic hydroxyl groups is 3. The molecule has 1 aliphatic heterocycles. The first-order chi connectivity index (χ1) is 11.3. The normalized spacial score (nSPS) is 30.0. The molecule has 0 spiro atoms. The Morgan fingerprint density at radius 1 is 1.12 bits per heavy atom. The molecule has 1 saturated heterocycles. The number of ether oxygens (including phenoxy) is 2. The number of aliphatic hydroxyl groups excluding tert-OH is 3. The van der Waals surface area contributed by atoms with Gasteiger partial charge in [-0.15, -0.1) is 0 Å². The summed E-state index contributed by atoms with van der Waals surface area (Å²) in [5.74, 6) is 0. The summed E-state index contributed by atoms with van der Waals surface area (Å²) in [7, 11) is -4.88. The van der Waals surface area contributed by atoms with Gasteiger partial charge in [0.05, 0.1) is 6.61 Å². The van der Waals surface area contributed by atoms with Crippen LogP contribution in [-0.2, 0) is 19.8 Å². The van der Waals surface area contributed by atoms with Crippen molar-refractivity contribution < 1.29 is 67.3 Å². The zero-order chi connectivity index (χ0) is 18.2. The second-order valence-electron chi connectivity index (χ2n) is 5.94. The maximum atomic E-state index is 10.9. The third-order valence-electron chi connectivity index (χ3n) is 3.94. The van der Waals surface area contributed by atoms with E-state index in [2.05, 4.69) is 6.92 Å². The fourth-order valence-corrected chi connectivity index (χ4v) is 3.18. The van der Waals surface area contributed by atoms with Gasteiger partial charge in [0, 0.05) is 6.61 Å². The van der Waals surface area contributed by atoms with Crippen LogP contribution in [-0.4, -0.2) is 72.1 Å². The fourth-order valence-electron chi connectivity index (χ4n) is 2.60. The van der Waals surface area contributed by atoms with Crippen LogP contribution >= 0.6 is 0 Å². The summed E-state index contributed by atoms with van der Waals surface area (Å²) in [6.45, 7) is 1.79. The first-order valence-electron chi connectivity index (χ1n) is 8.27. The number of hydrogen-bond acceptors (Lipinski definition) is 8. The van der Waals surface area contributed by atoms with E-state index in [1.807, 2.05) is 0 Å². The Kier molecular flexibility index (Phi) is 13.3. The van der Waals surface area contributed by atoms with Crippen molar-refractivity contribution in [2.75, 3.05) is 13.2 Å². The molecule has 5 atom stereocenters. The second-order valence-corrected chi connectivity index (χ2v) is 7.09. The summed E-state index contributed by atoms with van der Waals surface area (Å²) in [6.07, 6.45) is 0.586. The minimum atomic E-state index is -4.88. The van der Waals surface area contributed by atoms with Gasteiger partial charge in [0.2, 0.25) is 0 Å². The second kappa shape index (κ2) is 12.9. The summed E-state index contributed by atoms with van der Waals surface area (Å²) in [4.78, 5) is 0. The minimum Gasteiger partial charge on any atom is -0.735 e. The maximum absolute atomic E-state index is 10.9. The predicted molar refractivity (Wildman–Crippen MR) is 83.7 cm³/mol. The molecule has 1 heterocycles. The van der Waals surface area contributed by atoms with Gasteiger partial charge in [0.25, 0.3) is 0 Å². The van der Waals surface area contributed by atoms with Crippen LogP contribution in [0.4, 0.5) is 0 Å². The standard InChI is InChI=1S/C14H29NO8S.Na/c1-2-3-4-5-6-7-8-22-14-11(15-24(19,20)21)13(18)12(17)10(9-16)23-14;/h10-18H,2-9H2,1H3,(H,19,20,21);/q;+1/p-1/t10-,11-,12-,13-,14+;/m1./s1. The van der Waals surface area contributed by atoms with Crippen LogP contribution in [0.1, 0.15) is 45.4 Å².